The van der Waals surface area contributed by atoms with E-state index in [9.17, 15) is 9.59 Å². The molecule has 0 aromatic heterocycles. The van der Waals surface area contributed by atoms with Gasteiger partial charge in [0.1, 0.15) is 0 Å². The zero-order valence-corrected chi connectivity index (χ0v) is 15.5. The lowest BCUT2D eigenvalue weighted by Gasteiger charge is -2.34. The maximum atomic E-state index is 11.9. The van der Waals surface area contributed by atoms with Crippen LogP contribution in [-0.2, 0) is 14.3 Å². The molecule has 0 aromatic carbocycles. The van der Waals surface area contributed by atoms with Crippen LogP contribution in [0.4, 0.5) is 0 Å². The minimum absolute atomic E-state index is 0.0920. The van der Waals surface area contributed by atoms with E-state index in [4.69, 9.17) is 4.74 Å². The molecule has 3 unspecified atom stereocenters. The summed E-state index contributed by atoms with van der Waals surface area (Å²) in [6.45, 7) is 8.56. The predicted molar refractivity (Wildman–Crippen MR) is 94.9 cm³/mol. The van der Waals surface area contributed by atoms with Gasteiger partial charge in [-0.2, -0.15) is 5.10 Å². The summed E-state index contributed by atoms with van der Waals surface area (Å²) in [5.41, 5.74) is 1.54. The SMILES string of the molecule is CC(=O)OCCC1S/C(=N/N=C2CC3CCC2(C)C3(C)C)NC1=O. The molecule has 7 heteroatoms. The maximum Gasteiger partial charge on any atom is 0.302 e. The van der Waals surface area contributed by atoms with Crippen LogP contribution in [0.15, 0.2) is 10.2 Å². The second-order valence-corrected chi connectivity index (χ2v) is 8.86. The Bertz CT molecular complexity index is 629. The predicted octanol–water partition coefficient (Wildman–Crippen LogP) is 2.73. The minimum Gasteiger partial charge on any atom is -0.466 e. The topological polar surface area (TPSA) is 80.1 Å². The van der Waals surface area contributed by atoms with Crippen LogP contribution in [0.3, 0.4) is 0 Å². The molecule has 1 aliphatic heterocycles. The Morgan fingerprint density at radius 2 is 2.12 bits per heavy atom. The molecule has 132 valence electrons. The second-order valence-electron chi connectivity index (χ2n) is 7.67. The number of hydrogen-bond donors (Lipinski definition) is 1. The van der Waals surface area contributed by atoms with E-state index in [1.807, 2.05) is 0 Å². The molecule has 2 saturated carbocycles. The molecule has 1 saturated heterocycles. The molecule has 0 spiro atoms. The number of nitrogens with zero attached hydrogens (tertiary/aromatic N) is 2. The Kier molecular flexibility index (Phi) is 4.49. The van der Waals surface area contributed by atoms with Crippen molar-refractivity contribution in [2.75, 3.05) is 6.61 Å². The van der Waals surface area contributed by atoms with Crippen LogP contribution in [0.1, 0.15) is 53.4 Å². The molecule has 0 radical (unpaired) electrons. The number of thioether (sulfide) groups is 1. The van der Waals surface area contributed by atoms with Gasteiger partial charge in [0.2, 0.25) is 5.91 Å². The summed E-state index contributed by atoms with van der Waals surface area (Å²) in [5, 5.41) is 11.9. The first kappa shape index (κ1) is 17.5. The third-order valence-corrected chi connectivity index (χ3v) is 7.38. The van der Waals surface area contributed by atoms with Gasteiger partial charge in [0.15, 0.2) is 5.17 Å². The summed E-state index contributed by atoms with van der Waals surface area (Å²) in [6, 6.07) is 0. The summed E-state index contributed by atoms with van der Waals surface area (Å²) in [4.78, 5) is 22.7. The number of amides is 1. The molecule has 3 atom stereocenters. The summed E-state index contributed by atoms with van der Waals surface area (Å²) in [7, 11) is 0. The fourth-order valence-electron chi connectivity index (χ4n) is 4.14. The van der Waals surface area contributed by atoms with Crippen molar-refractivity contribution in [3.8, 4) is 0 Å². The number of hydrogen-bond acceptors (Lipinski definition) is 6. The van der Waals surface area contributed by atoms with Crippen LogP contribution in [-0.4, -0.2) is 34.6 Å². The number of ether oxygens (including phenoxy) is 1. The first-order valence-corrected chi connectivity index (χ1v) is 9.38. The zero-order chi connectivity index (χ0) is 17.5. The Morgan fingerprint density at radius 1 is 1.38 bits per heavy atom. The lowest BCUT2D eigenvalue weighted by atomic mass is 9.70. The number of rotatable bonds is 4. The molecule has 6 nitrogen and oxygen atoms in total. The van der Waals surface area contributed by atoms with E-state index < -0.39 is 0 Å². The number of carbonyl (C=O) groups excluding carboxylic acids is 2. The first-order valence-electron chi connectivity index (χ1n) is 8.50. The van der Waals surface area contributed by atoms with Crippen LogP contribution < -0.4 is 5.32 Å². The standard InChI is InChI=1S/C17H25N3O3S/c1-10(21)23-8-6-12-14(22)18-15(24-12)20-19-13-9-11-5-7-17(13,4)16(11,2)3/h11-12H,5-9H2,1-4H3,(H,18,20,22). The number of nitrogens with one attached hydrogen (secondary N) is 1. The molecule has 3 fully saturated rings. The average molecular weight is 351 g/mol. The highest BCUT2D eigenvalue weighted by Crippen LogP contribution is 2.64. The van der Waals surface area contributed by atoms with Gasteiger partial charge < -0.3 is 10.1 Å². The lowest BCUT2D eigenvalue weighted by molar-refractivity contribution is -0.141. The molecule has 3 aliphatic rings. The molecule has 2 bridgehead atoms. The van der Waals surface area contributed by atoms with Crippen molar-refractivity contribution in [1.29, 1.82) is 0 Å². The largest absolute Gasteiger partial charge is 0.466 e. The highest BCUT2D eigenvalue weighted by Gasteiger charge is 2.60. The maximum absolute atomic E-state index is 11.9. The van der Waals surface area contributed by atoms with Crippen LogP contribution in [0.25, 0.3) is 0 Å². The van der Waals surface area contributed by atoms with E-state index in [2.05, 4.69) is 36.3 Å². The Morgan fingerprint density at radius 3 is 2.71 bits per heavy atom. The Labute approximate surface area is 146 Å². The van der Waals surface area contributed by atoms with Gasteiger partial charge in [-0.3, -0.25) is 9.59 Å². The van der Waals surface area contributed by atoms with Crippen LogP contribution in [0.5, 0.6) is 0 Å². The van der Waals surface area contributed by atoms with Gasteiger partial charge in [-0.15, -0.1) is 5.10 Å². The van der Waals surface area contributed by atoms with E-state index in [-0.39, 0.29) is 34.6 Å². The van der Waals surface area contributed by atoms with E-state index in [1.54, 1.807) is 0 Å². The quantitative estimate of drug-likeness (QED) is 0.624. The van der Waals surface area contributed by atoms with Crippen molar-refractivity contribution in [3.63, 3.8) is 0 Å². The van der Waals surface area contributed by atoms with E-state index in [0.29, 0.717) is 17.5 Å². The zero-order valence-electron chi connectivity index (χ0n) is 14.7. The van der Waals surface area contributed by atoms with Gasteiger partial charge in [-0.05, 0) is 30.6 Å². The smallest absolute Gasteiger partial charge is 0.302 e. The second kappa shape index (κ2) is 6.17. The van der Waals surface area contributed by atoms with Gasteiger partial charge in [-0.25, -0.2) is 0 Å². The van der Waals surface area contributed by atoms with Crippen molar-refractivity contribution in [2.45, 2.75) is 58.6 Å². The molecular weight excluding hydrogens is 326 g/mol. The fourth-order valence-corrected chi connectivity index (χ4v) is 5.03. The highest BCUT2D eigenvalue weighted by molar-refractivity contribution is 8.15. The summed E-state index contributed by atoms with van der Waals surface area (Å²) in [6.07, 6.45) is 3.93. The molecule has 1 heterocycles. The van der Waals surface area contributed by atoms with Crippen molar-refractivity contribution in [3.05, 3.63) is 0 Å². The van der Waals surface area contributed by atoms with Gasteiger partial charge >= 0.3 is 5.97 Å². The first-order chi connectivity index (χ1) is 11.2. The van der Waals surface area contributed by atoms with Crippen molar-refractivity contribution >= 4 is 34.5 Å². The van der Waals surface area contributed by atoms with Gasteiger partial charge in [0.25, 0.3) is 0 Å². The number of amidine groups is 1. The number of carbonyl (C=O) groups is 2. The number of fused-ring (bicyclic) bond motifs is 2. The minimum atomic E-state index is -0.328. The lowest BCUT2D eigenvalue weighted by Crippen LogP contribution is -2.32. The summed E-state index contributed by atoms with van der Waals surface area (Å²) >= 11 is 1.36. The fraction of sp³-hybridized carbons (Fsp3) is 0.765. The molecular formula is C17H25N3O3S. The third-order valence-electron chi connectivity index (χ3n) is 6.24. The van der Waals surface area contributed by atoms with Gasteiger partial charge in [0, 0.05) is 24.5 Å². The van der Waals surface area contributed by atoms with Crippen molar-refractivity contribution in [1.82, 2.24) is 5.32 Å². The van der Waals surface area contributed by atoms with Crippen LogP contribution in [0.2, 0.25) is 0 Å². The molecule has 1 amide bonds. The number of esters is 1. The monoisotopic (exact) mass is 351 g/mol. The molecule has 0 aromatic rings. The molecule has 2 aliphatic carbocycles. The molecule has 1 N–H and O–H groups in total. The van der Waals surface area contributed by atoms with E-state index >= 15 is 0 Å². The Hall–Kier alpha value is -1.37. The summed E-state index contributed by atoms with van der Waals surface area (Å²) in [5.74, 6) is 0.264. The average Bonchev–Trinajstić information content (AvgIpc) is 3.02. The molecule has 3 rings (SSSR count). The van der Waals surface area contributed by atoms with Gasteiger partial charge in [0.05, 0.1) is 11.9 Å². The van der Waals surface area contributed by atoms with Gasteiger partial charge in [-0.1, -0.05) is 32.5 Å². The van der Waals surface area contributed by atoms with E-state index in [0.717, 1.165) is 12.1 Å². The Balaban J connectivity index is 1.64. The third kappa shape index (κ3) is 2.87. The highest BCUT2D eigenvalue weighted by atomic mass is 32.2. The normalized spacial score (nSPS) is 37.2. The van der Waals surface area contributed by atoms with Crippen LogP contribution >= 0.6 is 11.8 Å². The van der Waals surface area contributed by atoms with Crippen molar-refractivity contribution in [2.24, 2.45) is 27.0 Å². The summed E-state index contributed by atoms with van der Waals surface area (Å²) < 4.78 is 4.90. The van der Waals surface area contributed by atoms with E-state index in [1.165, 1.54) is 31.5 Å². The van der Waals surface area contributed by atoms with Crippen LogP contribution in [0, 0.1) is 16.7 Å². The molecule has 24 heavy (non-hydrogen) atoms. The van der Waals surface area contributed by atoms with Crippen molar-refractivity contribution < 1.29 is 14.3 Å².